The Bertz CT molecular complexity index is 494. The fourth-order valence-corrected chi connectivity index (χ4v) is 1.83. The van der Waals surface area contributed by atoms with Crippen molar-refractivity contribution in [2.24, 2.45) is 0 Å². The minimum Gasteiger partial charge on any atom is -0.198 e. The molecule has 0 N–H and O–H groups in total. The van der Waals surface area contributed by atoms with Crippen LogP contribution >= 0.6 is 0 Å². The highest BCUT2D eigenvalue weighted by molar-refractivity contribution is 5.67. The molecule has 16 heavy (non-hydrogen) atoms. The summed E-state index contributed by atoms with van der Waals surface area (Å²) in [6.45, 7) is 0. The Morgan fingerprint density at radius 2 is 1.56 bits per heavy atom. The Balaban J connectivity index is 2.38. The van der Waals surface area contributed by atoms with Gasteiger partial charge in [0.2, 0.25) is 0 Å². The van der Waals surface area contributed by atoms with Crippen LogP contribution in [0.3, 0.4) is 0 Å². The third kappa shape index (κ3) is 2.29. The topological polar surface area (TPSA) is 23.8 Å². The van der Waals surface area contributed by atoms with Crippen LogP contribution in [0.15, 0.2) is 54.6 Å². The van der Waals surface area contributed by atoms with Crippen molar-refractivity contribution in [1.82, 2.24) is 0 Å². The molecule has 0 atom stereocenters. The van der Waals surface area contributed by atoms with Gasteiger partial charge in [0.05, 0.1) is 6.07 Å². The molecule has 0 amide bonds. The Morgan fingerprint density at radius 3 is 2.31 bits per heavy atom. The molecule has 2 aromatic carbocycles. The summed E-state index contributed by atoms with van der Waals surface area (Å²) in [5, 5.41) is 8.64. The molecule has 1 heteroatoms. The number of rotatable bonds is 3. The first kappa shape index (κ1) is 10.4. The van der Waals surface area contributed by atoms with E-state index in [4.69, 9.17) is 5.26 Å². The van der Waals surface area contributed by atoms with E-state index in [1.807, 2.05) is 30.3 Å². The van der Waals surface area contributed by atoms with E-state index in [1.54, 1.807) is 0 Å². The van der Waals surface area contributed by atoms with Crippen molar-refractivity contribution >= 4 is 0 Å². The van der Waals surface area contributed by atoms with E-state index in [-0.39, 0.29) is 0 Å². The van der Waals surface area contributed by atoms with E-state index in [1.165, 1.54) is 16.7 Å². The smallest absolute Gasteiger partial charge is 0.0625 e. The lowest BCUT2D eigenvalue weighted by Crippen LogP contribution is -1.88. The number of hydrogen-bond acceptors (Lipinski definition) is 1. The first-order valence-electron chi connectivity index (χ1n) is 5.42. The molecule has 0 bridgehead atoms. The first-order chi connectivity index (χ1) is 7.92. The van der Waals surface area contributed by atoms with E-state index in [2.05, 4.69) is 30.3 Å². The van der Waals surface area contributed by atoms with Crippen molar-refractivity contribution in [1.29, 1.82) is 5.26 Å². The Kier molecular flexibility index (Phi) is 3.35. The number of aryl methyl sites for hydroxylation is 1. The van der Waals surface area contributed by atoms with Gasteiger partial charge in [0.15, 0.2) is 0 Å². The number of benzene rings is 2. The third-order valence-electron chi connectivity index (χ3n) is 2.61. The molecular formula is C15H13N. The molecule has 2 rings (SSSR count). The van der Waals surface area contributed by atoms with E-state index in [9.17, 15) is 0 Å². The molecule has 78 valence electrons. The first-order valence-corrected chi connectivity index (χ1v) is 5.42. The molecule has 0 aromatic heterocycles. The molecule has 0 aliphatic heterocycles. The lowest BCUT2D eigenvalue weighted by molar-refractivity contribution is 1.01. The summed E-state index contributed by atoms with van der Waals surface area (Å²) in [6.07, 6.45) is 1.39. The highest BCUT2D eigenvalue weighted by Gasteiger charge is 2.02. The average Bonchev–Trinajstić information content (AvgIpc) is 2.38. The number of nitrogens with zero attached hydrogens (tertiary/aromatic N) is 1. The fraction of sp³-hybridized carbons (Fsp3) is 0.133. The minimum absolute atomic E-state index is 0.573. The zero-order valence-electron chi connectivity index (χ0n) is 9.06. The van der Waals surface area contributed by atoms with Gasteiger partial charge in [-0.2, -0.15) is 5.26 Å². The van der Waals surface area contributed by atoms with Gasteiger partial charge in [-0.15, -0.1) is 0 Å². The number of hydrogen-bond donors (Lipinski definition) is 0. The quantitative estimate of drug-likeness (QED) is 0.750. The molecule has 0 aliphatic carbocycles. The van der Waals surface area contributed by atoms with Gasteiger partial charge in [-0.3, -0.25) is 0 Å². The highest BCUT2D eigenvalue weighted by Crippen LogP contribution is 2.24. The lowest BCUT2D eigenvalue weighted by Gasteiger charge is -2.07. The van der Waals surface area contributed by atoms with Crippen LogP contribution in [0.4, 0.5) is 0 Å². The number of nitriles is 1. The molecule has 0 unspecified atom stereocenters. The normalized spacial score (nSPS) is 9.69. The van der Waals surface area contributed by atoms with Crippen LogP contribution in [0.2, 0.25) is 0 Å². The molecule has 0 radical (unpaired) electrons. The molecule has 0 fully saturated rings. The Hall–Kier alpha value is -2.07. The van der Waals surface area contributed by atoms with Crippen LogP contribution < -0.4 is 0 Å². The second kappa shape index (κ2) is 5.14. The van der Waals surface area contributed by atoms with Crippen LogP contribution in [-0.4, -0.2) is 0 Å². The summed E-state index contributed by atoms with van der Waals surface area (Å²) >= 11 is 0. The van der Waals surface area contributed by atoms with E-state index < -0.39 is 0 Å². The highest BCUT2D eigenvalue weighted by atomic mass is 14.2. The summed E-state index contributed by atoms with van der Waals surface area (Å²) in [6, 6.07) is 20.8. The summed E-state index contributed by atoms with van der Waals surface area (Å²) in [5.41, 5.74) is 3.70. The van der Waals surface area contributed by atoms with Crippen molar-refractivity contribution in [3.05, 3.63) is 60.2 Å². The zero-order chi connectivity index (χ0) is 11.2. The van der Waals surface area contributed by atoms with Crippen LogP contribution in [0, 0.1) is 11.3 Å². The van der Waals surface area contributed by atoms with Crippen LogP contribution in [0.25, 0.3) is 11.1 Å². The van der Waals surface area contributed by atoms with Crippen LogP contribution in [0.1, 0.15) is 12.0 Å². The summed E-state index contributed by atoms with van der Waals surface area (Å²) in [7, 11) is 0. The largest absolute Gasteiger partial charge is 0.198 e. The van der Waals surface area contributed by atoms with Crippen molar-refractivity contribution < 1.29 is 0 Å². The van der Waals surface area contributed by atoms with Gasteiger partial charge in [-0.1, -0.05) is 54.6 Å². The maximum absolute atomic E-state index is 8.64. The van der Waals surface area contributed by atoms with Gasteiger partial charge in [0, 0.05) is 6.42 Å². The van der Waals surface area contributed by atoms with Gasteiger partial charge in [0.25, 0.3) is 0 Å². The molecular weight excluding hydrogens is 194 g/mol. The summed E-state index contributed by atoms with van der Waals surface area (Å²) < 4.78 is 0. The van der Waals surface area contributed by atoms with E-state index in [0.717, 1.165) is 6.42 Å². The minimum atomic E-state index is 0.573. The molecule has 0 saturated heterocycles. The molecule has 0 aliphatic rings. The summed E-state index contributed by atoms with van der Waals surface area (Å²) in [4.78, 5) is 0. The van der Waals surface area contributed by atoms with Crippen molar-refractivity contribution in [2.45, 2.75) is 12.8 Å². The van der Waals surface area contributed by atoms with Gasteiger partial charge in [0.1, 0.15) is 0 Å². The third-order valence-corrected chi connectivity index (χ3v) is 2.61. The second-order valence-electron chi connectivity index (χ2n) is 3.68. The SMILES string of the molecule is N#CCCc1ccccc1-c1ccccc1. The van der Waals surface area contributed by atoms with E-state index in [0.29, 0.717) is 6.42 Å². The Morgan fingerprint density at radius 1 is 0.875 bits per heavy atom. The van der Waals surface area contributed by atoms with Crippen molar-refractivity contribution in [2.75, 3.05) is 0 Å². The maximum Gasteiger partial charge on any atom is 0.0625 e. The average molecular weight is 207 g/mol. The fourth-order valence-electron chi connectivity index (χ4n) is 1.83. The Labute approximate surface area is 96.0 Å². The molecule has 0 spiro atoms. The zero-order valence-corrected chi connectivity index (χ0v) is 9.06. The molecule has 0 heterocycles. The van der Waals surface area contributed by atoms with Crippen molar-refractivity contribution in [3.8, 4) is 17.2 Å². The molecule has 1 nitrogen and oxygen atoms in total. The van der Waals surface area contributed by atoms with E-state index >= 15 is 0 Å². The van der Waals surface area contributed by atoms with Crippen molar-refractivity contribution in [3.63, 3.8) is 0 Å². The lowest BCUT2D eigenvalue weighted by atomic mass is 9.97. The predicted octanol–water partition coefficient (Wildman–Crippen LogP) is 3.81. The van der Waals surface area contributed by atoms with Gasteiger partial charge < -0.3 is 0 Å². The van der Waals surface area contributed by atoms with Crippen LogP contribution in [-0.2, 0) is 6.42 Å². The second-order valence-corrected chi connectivity index (χ2v) is 3.68. The van der Waals surface area contributed by atoms with Gasteiger partial charge >= 0.3 is 0 Å². The van der Waals surface area contributed by atoms with Gasteiger partial charge in [-0.25, -0.2) is 0 Å². The monoisotopic (exact) mass is 207 g/mol. The molecule has 0 saturated carbocycles. The predicted molar refractivity (Wildman–Crippen MR) is 65.8 cm³/mol. The standard InChI is InChI=1S/C15H13N/c16-12-6-10-14-9-4-5-11-15(14)13-7-2-1-3-8-13/h1-5,7-9,11H,6,10H2. The maximum atomic E-state index is 8.64. The van der Waals surface area contributed by atoms with Crippen LogP contribution in [0.5, 0.6) is 0 Å². The van der Waals surface area contributed by atoms with Gasteiger partial charge in [-0.05, 0) is 23.1 Å². The molecule has 2 aromatic rings. The summed E-state index contributed by atoms with van der Waals surface area (Å²) in [5.74, 6) is 0.